The van der Waals surface area contributed by atoms with E-state index in [1.807, 2.05) is 18.2 Å². The van der Waals surface area contributed by atoms with Crippen LogP contribution in [0.15, 0.2) is 24.3 Å². The molecule has 4 heteroatoms. The summed E-state index contributed by atoms with van der Waals surface area (Å²) >= 11 is 0. The quantitative estimate of drug-likeness (QED) is 0.852. The Bertz CT molecular complexity index is 468. The van der Waals surface area contributed by atoms with Gasteiger partial charge in [-0.3, -0.25) is 4.90 Å². The van der Waals surface area contributed by atoms with Crippen molar-refractivity contribution in [2.75, 3.05) is 18.0 Å². The molecule has 0 radical (unpaired) electrons. The summed E-state index contributed by atoms with van der Waals surface area (Å²) in [4.78, 5) is 13.6. The van der Waals surface area contributed by atoms with E-state index in [2.05, 4.69) is 11.4 Å². The van der Waals surface area contributed by atoms with Gasteiger partial charge in [0, 0.05) is 11.7 Å². The predicted molar refractivity (Wildman–Crippen MR) is 76.2 cm³/mol. The Hall–Kier alpha value is -1.55. The van der Waals surface area contributed by atoms with Gasteiger partial charge in [-0.25, -0.2) is 4.79 Å². The minimum atomic E-state index is -0.316. The first-order valence-corrected chi connectivity index (χ1v) is 7.13. The van der Waals surface area contributed by atoms with Crippen LogP contribution in [0.4, 0.5) is 10.5 Å². The predicted octanol–water partition coefficient (Wildman–Crippen LogP) is 1.89. The Balaban J connectivity index is 1.77. The lowest BCUT2D eigenvalue weighted by Crippen LogP contribution is -2.43. The van der Waals surface area contributed by atoms with Crippen molar-refractivity contribution in [1.29, 1.82) is 0 Å². The highest BCUT2D eigenvalue weighted by Gasteiger charge is 2.34. The molecule has 1 fully saturated rings. The number of piperidine rings is 1. The average molecular weight is 259 g/mol. The van der Waals surface area contributed by atoms with Crippen molar-refractivity contribution in [3.63, 3.8) is 0 Å². The SMILES string of the molecule is NC(=O)N1c2ccccc2CC1CC1CCNCC1. The van der Waals surface area contributed by atoms with Crippen molar-refractivity contribution in [2.24, 2.45) is 11.7 Å². The van der Waals surface area contributed by atoms with Crippen molar-refractivity contribution >= 4 is 11.7 Å². The molecule has 0 aromatic heterocycles. The number of hydrogen-bond acceptors (Lipinski definition) is 2. The molecular weight excluding hydrogens is 238 g/mol. The van der Waals surface area contributed by atoms with Gasteiger partial charge in [0.25, 0.3) is 0 Å². The van der Waals surface area contributed by atoms with E-state index >= 15 is 0 Å². The van der Waals surface area contributed by atoms with Gasteiger partial charge in [0.15, 0.2) is 0 Å². The van der Waals surface area contributed by atoms with Crippen LogP contribution in [0.3, 0.4) is 0 Å². The van der Waals surface area contributed by atoms with E-state index in [1.54, 1.807) is 4.90 Å². The van der Waals surface area contributed by atoms with Gasteiger partial charge < -0.3 is 11.1 Å². The Kier molecular flexibility index (Phi) is 3.42. The minimum absolute atomic E-state index is 0.248. The second-order valence-electron chi connectivity index (χ2n) is 5.62. The highest BCUT2D eigenvalue weighted by atomic mass is 16.2. The monoisotopic (exact) mass is 259 g/mol. The lowest BCUT2D eigenvalue weighted by Gasteiger charge is -2.29. The van der Waals surface area contributed by atoms with Crippen molar-refractivity contribution < 1.29 is 4.79 Å². The molecule has 0 bridgehead atoms. The van der Waals surface area contributed by atoms with Crippen LogP contribution in [0.1, 0.15) is 24.8 Å². The smallest absolute Gasteiger partial charge is 0.319 e. The van der Waals surface area contributed by atoms with Crippen LogP contribution in [-0.2, 0) is 6.42 Å². The van der Waals surface area contributed by atoms with Gasteiger partial charge in [0.05, 0.1) is 0 Å². The summed E-state index contributed by atoms with van der Waals surface area (Å²) in [7, 11) is 0. The Morgan fingerprint density at radius 3 is 2.79 bits per heavy atom. The number of nitrogens with two attached hydrogens (primary N) is 1. The van der Waals surface area contributed by atoms with Crippen molar-refractivity contribution in [3.05, 3.63) is 29.8 Å². The summed E-state index contributed by atoms with van der Waals surface area (Å²) in [6.07, 6.45) is 4.43. The maximum atomic E-state index is 11.8. The number of anilines is 1. The number of nitrogens with one attached hydrogen (secondary N) is 1. The number of primary amides is 1. The minimum Gasteiger partial charge on any atom is -0.351 e. The third-order valence-electron chi connectivity index (χ3n) is 4.37. The number of rotatable bonds is 2. The Labute approximate surface area is 114 Å². The molecule has 2 aliphatic heterocycles. The zero-order chi connectivity index (χ0) is 13.2. The number of amides is 2. The molecule has 102 valence electrons. The summed E-state index contributed by atoms with van der Waals surface area (Å²) in [5, 5.41) is 3.39. The van der Waals surface area contributed by atoms with Crippen LogP contribution < -0.4 is 16.0 Å². The molecule has 2 aliphatic rings. The summed E-state index contributed by atoms with van der Waals surface area (Å²) < 4.78 is 0. The molecule has 0 spiro atoms. The van der Waals surface area contributed by atoms with Crippen LogP contribution in [0.2, 0.25) is 0 Å². The molecule has 1 aromatic rings. The van der Waals surface area contributed by atoms with Crippen LogP contribution in [0.25, 0.3) is 0 Å². The van der Waals surface area contributed by atoms with Crippen molar-refractivity contribution in [2.45, 2.75) is 31.7 Å². The molecule has 1 unspecified atom stereocenters. The van der Waals surface area contributed by atoms with E-state index in [0.29, 0.717) is 5.92 Å². The second-order valence-corrected chi connectivity index (χ2v) is 5.62. The first-order valence-electron chi connectivity index (χ1n) is 7.13. The fraction of sp³-hybridized carbons (Fsp3) is 0.533. The van der Waals surface area contributed by atoms with Crippen LogP contribution >= 0.6 is 0 Å². The molecule has 4 nitrogen and oxygen atoms in total. The van der Waals surface area contributed by atoms with Gasteiger partial charge in [-0.2, -0.15) is 0 Å². The Morgan fingerprint density at radius 1 is 1.32 bits per heavy atom. The van der Waals surface area contributed by atoms with Crippen molar-refractivity contribution in [3.8, 4) is 0 Å². The van der Waals surface area contributed by atoms with Crippen LogP contribution in [-0.4, -0.2) is 25.2 Å². The molecule has 0 aliphatic carbocycles. The maximum Gasteiger partial charge on any atom is 0.319 e. The molecule has 1 aromatic carbocycles. The number of fused-ring (bicyclic) bond motifs is 1. The number of carbonyl (C=O) groups is 1. The highest BCUT2D eigenvalue weighted by Crippen LogP contribution is 2.35. The number of urea groups is 1. The van der Waals surface area contributed by atoms with E-state index in [4.69, 9.17) is 5.73 Å². The summed E-state index contributed by atoms with van der Waals surface area (Å²) in [5.41, 5.74) is 7.84. The average Bonchev–Trinajstić information content (AvgIpc) is 2.77. The molecule has 1 saturated heterocycles. The number of para-hydroxylation sites is 1. The maximum absolute atomic E-state index is 11.8. The molecule has 2 amide bonds. The first kappa shape index (κ1) is 12.5. The van der Waals surface area contributed by atoms with Gasteiger partial charge in [-0.15, -0.1) is 0 Å². The summed E-state index contributed by atoms with van der Waals surface area (Å²) in [5.74, 6) is 0.711. The van der Waals surface area contributed by atoms with Crippen LogP contribution in [0, 0.1) is 5.92 Å². The van der Waals surface area contributed by atoms with E-state index in [-0.39, 0.29) is 12.1 Å². The van der Waals surface area contributed by atoms with E-state index in [9.17, 15) is 4.79 Å². The second kappa shape index (κ2) is 5.21. The summed E-state index contributed by atoms with van der Waals surface area (Å²) in [6, 6.07) is 8.05. The zero-order valence-electron chi connectivity index (χ0n) is 11.1. The molecule has 0 saturated carbocycles. The number of benzene rings is 1. The number of nitrogens with zero attached hydrogens (tertiary/aromatic N) is 1. The normalized spacial score (nSPS) is 23.4. The van der Waals surface area contributed by atoms with Crippen LogP contribution in [0.5, 0.6) is 0 Å². The van der Waals surface area contributed by atoms with Gasteiger partial charge in [0.2, 0.25) is 0 Å². The molecule has 3 rings (SSSR count). The van der Waals surface area contributed by atoms with Gasteiger partial charge in [-0.05, 0) is 56.3 Å². The van der Waals surface area contributed by atoms with Gasteiger partial charge >= 0.3 is 6.03 Å². The van der Waals surface area contributed by atoms with E-state index in [0.717, 1.165) is 31.6 Å². The van der Waals surface area contributed by atoms with E-state index < -0.39 is 0 Å². The molecule has 3 N–H and O–H groups in total. The molecular formula is C15H21N3O. The molecule has 19 heavy (non-hydrogen) atoms. The number of hydrogen-bond donors (Lipinski definition) is 2. The van der Waals surface area contributed by atoms with E-state index in [1.165, 1.54) is 18.4 Å². The third kappa shape index (κ3) is 2.45. The van der Waals surface area contributed by atoms with Crippen molar-refractivity contribution in [1.82, 2.24) is 5.32 Å². The fourth-order valence-corrected chi connectivity index (χ4v) is 3.45. The molecule has 2 heterocycles. The first-order chi connectivity index (χ1) is 9.25. The standard InChI is InChI=1S/C15H21N3O/c16-15(19)18-13(9-11-5-7-17-8-6-11)10-12-3-1-2-4-14(12)18/h1-4,11,13,17H,5-10H2,(H2,16,19). The lowest BCUT2D eigenvalue weighted by atomic mass is 9.90. The third-order valence-corrected chi connectivity index (χ3v) is 4.37. The van der Waals surface area contributed by atoms with Gasteiger partial charge in [-0.1, -0.05) is 18.2 Å². The molecule has 1 atom stereocenters. The Morgan fingerprint density at radius 2 is 2.05 bits per heavy atom. The highest BCUT2D eigenvalue weighted by molar-refractivity contribution is 5.93. The largest absolute Gasteiger partial charge is 0.351 e. The summed E-state index contributed by atoms with van der Waals surface area (Å²) in [6.45, 7) is 2.20. The van der Waals surface area contributed by atoms with Gasteiger partial charge in [0.1, 0.15) is 0 Å². The topological polar surface area (TPSA) is 58.4 Å². The lowest BCUT2D eigenvalue weighted by molar-refractivity contribution is 0.249. The fourth-order valence-electron chi connectivity index (χ4n) is 3.45. The number of carbonyl (C=O) groups excluding carboxylic acids is 1. The zero-order valence-corrected chi connectivity index (χ0v) is 11.1.